The van der Waals surface area contributed by atoms with Crippen molar-refractivity contribution >= 4 is 11.6 Å². The predicted octanol–water partition coefficient (Wildman–Crippen LogP) is 1.09. The van der Waals surface area contributed by atoms with Crippen molar-refractivity contribution in [2.45, 2.75) is 6.54 Å². The standard InChI is InChI=1S/C11H13N3O2/c1-13(2)7-9-5-12-10-4-3-8(11(15)16)6-14(9)10/h3-6H,7H2,1-2H3,(H,15,16). The van der Waals surface area contributed by atoms with E-state index in [2.05, 4.69) is 4.98 Å². The molecule has 0 saturated heterocycles. The van der Waals surface area contributed by atoms with Gasteiger partial charge in [-0.1, -0.05) is 0 Å². The van der Waals surface area contributed by atoms with Gasteiger partial charge in [-0.15, -0.1) is 0 Å². The number of nitrogens with zero attached hydrogens (tertiary/aromatic N) is 3. The van der Waals surface area contributed by atoms with E-state index >= 15 is 0 Å². The van der Waals surface area contributed by atoms with Crippen LogP contribution in [0, 0.1) is 0 Å². The summed E-state index contributed by atoms with van der Waals surface area (Å²) in [4.78, 5) is 17.1. The van der Waals surface area contributed by atoms with E-state index in [9.17, 15) is 4.79 Å². The molecule has 0 amide bonds. The van der Waals surface area contributed by atoms with E-state index in [1.54, 1.807) is 24.5 Å². The fraction of sp³-hybridized carbons (Fsp3) is 0.273. The van der Waals surface area contributed by atoms with Crippen LogP contribution < -0.4 is 0 Å². The number of fused-ring (bicyclic) bond motifs is 1. The summed E-state index contributed by atoms with van der Waals surface area (Å²) >= 11 is 0. The number of carboxylic acids is 1. The van der Waals surface area contributed by atoms with Crippen molar-refractivity contribution in [2.75, 3.05) is 14.1 Å². The summed E-state index contributed by atoms with van der Waals surface area (Å²) in [5.41, 5.74) is 2.01. The molecule has 0 aliphatic carbocycles. The molecule has 0 aliphatic heterocycles. The Morgan fingerprint density at radius 2 is 2.25 bits per heavy atom. The van der Waals surface area contributed by atoms with Gasteiger partial charge in [-0.05, 0) is 26.2 Å². The minimum atomic E-state index is -0.925. The number of hydrogen-bond donors (Lipinski definition) is 1. The van der Waals surface area contributed by atoms with Crippen molar-refractivity contribution in [3.05, 3.63) is 35.8 Å². The van der Waals surface area contributed by atoms with Crippen LogP contribution in [0.25, 0.3) is 5.65 Å². The third kappa shape index (κ3) is 1.90. The van der Waals surface area contributed by atoms with Crippen molar-refractivity contribution in [3.63, 3.8) is 0 Å². The molecule has 0 aromatic carbocycles. The van der Waals surface area contributed by atoms with E-state index in [1.807, 2.05) is 23.4 Å². The Bertz CT molecular complexity index is 531. The highest BCUT2D eigenvalue weighted by Gasteiger charge is 2.08. The Morgan fingerprint density at radius 1 is 1.50 bits per heavy atom. The van der Waals surface area contributed by atoms with Gasteiger partial charge < -0.3 is 14.4 Å². The number of aromatic carboxylic acids is 1. The lowest BCUT2D eigenvalue weighted by atomic mass is 10.3. The van der Waals surface area contributed by atoms with E-state index in [-0.39, 0.29) is 5.56 Å². The summed E-state index contributed by atoms with van der Waals surface area (Å²) in [5, 5.41) is 8.91. The first-order valence-corrected chi connectivity index (χ1v) is 4.92. The zero-order chi connectivity index (χ0) is 11.7. The molecule has 0 saturated carbocycles. The van der Waals surface area contributed by atoms with Crippen LogP contribution in [0.3, 0.4) is 0 Å². The molecule has 2 aromatic heterocycles. The van der Waals surface area contributed by atoms with Gasteiger partial charge in [0.05, 0.1) is 17.5 Å². The second-order valence-corrected chi connectivity index (χ2v) is 3.94. The minimum Gasteiger partial charge on any atom is -0.478 e. The van der Waals surface area contributed by atoms with E-state index in [1.165, 1.54) is 0 Å². The number of carboxylic acid groups (broad SMARTS) is 1. The summed E-state index contributed by atoms with van der Waals surface area (Å²) in [6.07, 6.45) is 3.37. The van der Waals surface area contributed by atoms with Gasteiger partial charge >= 0.3 is 5.97 Å². The molecule has 0 atom stereocenters. The van der Waals surface area contributed by atoms with Crippen molar-refractivity contribution in [1.82, 2.24) is 14.3 Å². The Kier molecular flexibility index (Phi) is 2.62. The third-order valence-electron chi connectivity index (χ3n) is 2.31. The molecule has 0 spiro atoms. The van der Waals surface area contributed by atoms with Crippen molar-refractivity contribution < 1.29 is 9.90 Å². The summed E-state index contributed by atoms with van der Waals surface area (Å²) in [7, 11) is 3.92. The highest BCUT2D eigenvalue weighted by atomic mass is 16.4. The lowest BCUT2D eigenvalue weighted by molar-refractivity contribution is 0.0696. The first kappa shape index (κ1) is 10.6. The number of imidazole rings is 1. The van der Waals surface area contributed by atoms with Crippen LogP contribution in [0.15, 0.2) is 24.5 Å². The first-order valence-electron chi connectivity index (χ1n) is 4.92. The molecular weight excluding hydrogens is 206 g/mol. The van der Waals surface area contributed by atoms with E-state index in [4.69, 9.17) is 5.11 Å². The fourth-order valence-electron chi connectivity index (χ4n) is 1.60. The molecule has 0 unspecified atom stereocenters. The van der Waals surface area contributed by atoms with Crippen molar-refractivity contribution in [3.8, 4) is 0 Å². The summed E-state index contributed by atoms with van der Waals surface area (Å²) < 4.78 is 1.81. The summed E-state index contributed by atoms with van der Waals surface area (Å²) in [6, 6.07) is 3.27. The van der Waals surface area contributed by atoms with E-state index < -0.39 is 5.97 Å². The van der Waals surface area contributed by atoms with Crippen LogP contribution in [0.4, 0.5) is 0 Å². The van der Waals surface area contributed by atoms with Gasteiger partial charge in [0.15, 0.2) is 0 Å². The average Bonchev–Trinajstić information content (AvgIpc) is 2.60. The molecule has 2 heterocycles. The van der Waals surface area contributed by atoms with Crippen molar-refractivity contribution in [2.24, 2.45) is 0 Å². The molecule has 1 N–H and O–H groups in total. The Hall–Kier alpha value is -1.88. The maximum atomic E-state index is 10.9. The number of hydrogen-bond acceptors (Lipinski definition) is 3. The Balaban J connectivity index is 2.51. The summed E-state index contributed by atoms with van der Waals surface area (Å²) in [6.45, 7) is 0.726. The zero-order valence-electron chi connectivity index (χ0n) is 9.21. The Labute approximate surface area is 92.9 Å². The molecule has 0 bridgehead atoms. The van der Waals surface area contributed by atoms with Crippen LogP contribution in [0.5, 0.6) is 0 Å². The zero-order valence-corrected chi connectivity index (χ0v) is 9.21. The molecule has 0 aliphatic rings. The van der Waals surface area contributed by atoms with Crippen LogP contribution >= 0.6 is 0 Å². The van der Waals surface area contributed by atoms with Gasteiger partial charge in [-0.2, -0.15) is 0 Å². The number of pyridine rings is 1. The monoisotopic (exact) mass is 219 g/mol. The molecule has 16 heavy (non-hydrogen) atoms. The number of carbonyl (C=O) groups is 1. The lowest BCUT2D eigenvalue weighted by Gasteiger charge is -2.09. The summed E-state index contributed by atoms with van der Waals surface area (Å²) in [5.74, 6) is -0.925. The van der Waals surface area contributed by atoms with Gasteiger partial charge in [0.1, 0.15) is 5.65 Å². The fourth-order valence-corrected chi connectivity index (χ4v) is 1.60. The van der Waals surface area contributed by atoms with Gasteiger partial charge in [0, 0.05) is 12.7 Å². The predicted molar refractivity (Wildman–Crippen MR) is 59.5 cm³/mol. The van der Waals surface area contributed by atoms with Crippen LogP contribution in [0.1, 0.15) is 16.1 Å². The Morgan fingerprint density at radius 3 is 2.88 bits per heavy atom. The van der Waals surface area contributed by atoms with E-state index in [0.717, 1.165) is 17.9 Å². The normalized spacial score (nSPS) is 11.2. The molecule has 2 rings (SSSR count). The topological polar surface area (TPSA) is 57.8 Å². The maximum Gasteiger partial charge on any atom is 0.337 e. The molecule has 0 radical (unpaired) electrons. The molecule has 5 heteroatoms. The van der Waals surface area contributed by atoms with Crippen molar-refractivity contribution in [1.29, 1.82) is 0 Å². The van der Waals surface area contributed by atoms with Crippen LogP contribution in [0.2, 0.25) is 0 Å². The van der Waals surface area contributed by atoms with E-state index in [0.29, 0.717) is 0 Å². The maximum absolute atomic E-state index is 10.9. The second-order valence-electron chi connectivity index (χ2n) is 3.94. The van der Waals surface area contributed by atoms with Crippen LogP contribution in [-0.2, 0) is 6.54 Å². The molecule has 0 fully saturated rings. The molecule has 2 aromatic rings. The SMILES string of the molecule is CN(C)Cc1cnc2ccc(C(=O)O)cn12. The molecule has 5 nitrogen and oxygen atoms in total. The quantitative estimate of drug-likeness (QED) is 0.839. The highest BCUT2D eigenvalue weighted by molar-refractivity contribution is 5.87. The second kappa shape index (κ2) is 3.94. The minimum absolute atomic E-state index is 0.269. The third-order valence-corrected chi connectivity index (χ3v) is 2.31. The van der Waals surface area contributed by atoms with Gasteiger partial charge in [0.25, 0.3) is 0 Å². The molecule has 84 valence electrons. The average molecular weight is 219 g/mol. The largest absolute Gasteiger partial charge is 0.478 e. The lowest BCUT2D eigenvalue weighted by Crippen LogP contribution is -2.12. The van der Waals surface area contributed by atoms with Gasteiger partial charge in [-0.3, -0.25) is 0 Å². The van der Waals surface area contributed by atoms with Gasteiger partial charge in [-0.25, -0.2) is 9.78 Å². The molecular formula is C11H13N3O2. The van der Waals surface area contributed by atoms with Crippen LogP contribution in [-0.4, -0.2) is 39.5 Å². The highest BCUT2D eigenvalue weighted by Crippen LogP contribution is 2.10. The first-order chi connectivity index (χ1) is 7.58. The number of rotatable bonds is 3. The van der Waals surface area contributed by atoms with Gasteiger partial charge in [0.2, 0.25) is 0 Å². The smallest absolute Gasteiger partial charge is 0.337 e. The number of aromatic nitrogens is 2.